The zero-order valence-corrected chi connectivity index (χ0v) is 9.78. The SMILES string of the molecule is O=C(O)c1cc(Nc2ccc(Cl)cc2F)ccn1. The van der Waals surface area contributed by atoms with E-state index in [0.29, 0.717) is 10.7 Å². The number of nitrogens with one attached hydrogen (secondary N) is 1. The third kappa shape index (κ3) is 2.75. The number of benzene rings is 1. The Morgan fingerprint density at radius 1 is 1.33 bits per heavy atom. The highest BCUT2D eigenvalue weighted by molar-refractivity contribution is 6.30. The summed E-state index contributed by atoms with van der Waals surface area (Å²) in [4.78, 5) is 14.4. The molecule has 2 N–H and O–H groups in total. The van der Waals surface area contributed by atoms with E-state index in [1.54, 1.807) is 6.07 Å². The second kappa shape index (κ2) is 5.01. The van der Waals surface area contributed by atoms with Gasteiger partial charge in [0.1, 0.15) is 11.5 Å². The number of hydrogen-bond donors (Lipinski definition) is 2. The van der Waals surface area contributed by atoms with Gasteiger partial charge in [0.15, 0.2) is 0 Å². The minimum atomic E-state index is -1.14. The van der Waals surface area contributed by atoms with Crippen LogP contribution in [0.2, 0.25) is 5.02 Å². The lowest BCUT2D eigenvalue weighted by Crippen LogP contribution is -2.01. The predicted molar refractivity (Wildman–Crippen MR) is 65.9 cm³/mol. The van der Waals surface area contributed by atoms with Crippen LogP contribution in [0.5, 0.6) is 0 Å². The number of carboxylic acids is 1. The second-order valence-electron chi connectivity index (χ2n) is 3.48. The van der Waals surface area contributed by atoms with Crippen molar-refractivity contribution in [2.45, 2.75) is 0 Å². The smallest absolute Gasteiger partial charge is 0.354 e. The Balaban J connectivity index is 2.28. The molecule has 0 aliphatic heterocycles. The van der Waals surface area contributed by atoms with Crippen molar-refractivity contribution in [2.24, 2.45) is 0 Å². The molecule has 0 bridgehead atoms. The van der Waals surface area contributed by atoms with Crippen LogP contribution >= 0.6 is 11.6 Å². The van der Waals surface area contributed by atoms with Gasteiger partial charge in [-0.3, -0.25) is 0 Å². The predicted octanol–water partition coefficient (Wildman–Crippen LogP) is 3.32. The van der Waals surface area contributed by atoms with E-state index in [2.05, 4.69) is 10.3 Å². The van der Waals surface area contributed by atoms with Gasteiger partial charge in [-0.1, -0.05) is 11.6 Å². The molecule has 6 heteroatoms. The van der Waals surface area contributed by atoms with Gasteiger partial charge in [-0.15, -0.1) is 0 Å². The highest BCUT2D eigenvalue weighted by Gasteiger charge is 2.07. The first-order valence-electron chi connectivity index (χ1n) is 4.97. The number of carbonyl (C=O) groups is 1. The lowest BCUT2D eigenvalue weighted by atomic mass is 10.2. The molecule has 0 saturated carbocycles. The average molecular weight is 267 g/mol. The lowest BCUT2D eigenvalue weighted by Gasteiger charge is -2.08. The maximum Gasteiger partial charge on any atom is 0.354 e. The molecule has 0 radical (unpaired) electrons. The van der Waals surface area contributed by atoms with Crippen LogP contribution in [0.15, 0.2) is 36.5 Å². The molecule has 0 fully saturated rings. The number of pyridine rings is 1. The molecule has 2 rings (SSSR count). The normalized spacial score (nSPS) is 10.1. The summed E-state index contributed by atoms with van der Waals surface area (Å²) in [5.41, 5.74) is 0.528. The van der Waals surface area contributed by atoms with Crippen molar-refractivity contribution in [1.29, 1.82) is 0 Å². The van der Waals surface area contributed by atoms with Gasteiger partial charge in [0.2, 0.25) is 0 Å². The van der Waals surface area contributed by atoms with E-state index in [1.165, 1.54) is 30.5 Å². The van der Waals surface area contributed by atoms with E-state index in [1.807, 2.05) is 0 Å². The van der Waals surface area contributed by atoms with Crippen molar-refractivity contribution in [3.63, 3.8) is 0 Å². The summed E-state index contributed by atoms with van der Waals surface area (Å²) >= 11 is 5.63. The minimum Gasteiger partial charge on any atom is -0.477 e. The molecule has 0 spiro atoms. The standard InChI is InChI=1S/C12H8ClFN2O2/c13-7-1-2-10(9(14)5-7)16-8-3-4-15-11(6-8)12(17)18/h1-6H,(H,15,16)(H,17,18). The highest BCUT2D eigenvalue weighted by Crippen LogP contribution is 2.22. The summed E-state index contributed by atoms with van der Waals surface area (Å²) < 4.78 is 13.5. The maximum absolute atomic E-state index is 13.5. The number of anilines is 2. The third-order valence-corrected chi connectivity index (χ3v) is 2.42. The monoisotopic (exact) mass is 266 g/mol. The number of nitrogens with zero attached hydrogens (tertiary/aromatic N) is 1. The zero-order chi connectivity index (χ0) is 13.1. The van der Waals surface area contributed by atoms with E-state index >= 15 is 0 Å². The highest BCUT2D eigenvalue weighted by atomic mass is 35.5. The van der Waals surface area contributed by atoms with Crippen LogP contribution in [0.25, 0.3) is 0 Å². The summed E-state index contributed by atoms with van der Waals surface area (Å²) in [7, 11) is 0. The van der Waals surface area contributed by atoms with E-state index in [0.717, 1.165) is 0 Å². The molecule has 18 heavy (non-hydrogen) atoms. The Hall–Kier alpha value is -2.14. The van der Waals surface area contributed by atoms with Gasteiger partial charge >= 0.3 is 5.97 Å². The molecule has 1 aromatic heterocycles. The fraction of sp³-hybridized carbons (Fsp3) is 0. The maximum atomic E-state index is 13.5. The first-order chi connectivity index (χ1) is 8.56. The molecule has 0 aliphatic rings. The lowest BCUT2D eigenvalue weighted by molar-refractivity contribution is 0.0690. The van der Waals surface area contributed by atoms with Crippen LogP contribution in [0, 0.1) is 5.82 Å². The molecule has 2 aromatic rings. The van der Waals surface area contributed by atoms with Crippen molar-refractivity contribution < 1.29 is 14.3 Å². The summed E-state index contributed by atoms with van der Waals surface area (Å²) in [6.07, 6.45) is 1.33. The first-order valence-corrected chi connectivity index (χ1v) is 5.35. The topological polar surface area (TPSA) is 62.2 Å². The number of rotatable bonds is 3. The molecule has 1 heterocycles. The van der Waals surface area contributed by atoms with E-state index in [9.17, 15) is 9.18 Å². The number of hydrogen-bond acceptors (Lipinski definition) is 3. The second-order valence-corrected chi connectivity index (χ2v) is 3.92. The van der Waals surface area contributed by atoms with Crippen molar-refractivity contribution in [2.75, 3.05) is 5.32 Å². The molecule has 0 saturated heterocycles. The molecule has 0 atom stereocenters. The molecule has 0 unspecified atom stereocenters. The first kappa shape index (κ1) is 12.3. The number of aromatic carboxylic acids is 1. The summed E-state index contributed by atoms with van der Waals surface area (Å²) in [5, 5.41) is 11.8. The molecular weight excluding hydrogens is 259 g/mol. The van der Waals surface area contributed by atoms with Gasteiger partial charge in [0.25, 0.3) is 0 Å². The Morgan fingerprint density at radius 2 is 2.11 bits per heavy atom. The molecule has 0 aliphatic carbocycles. The summed E-state index contributed by atoms with van der Waals surface area (Å²) in [6.45, 7) is 0. The number of halogens is 2. The van der Waals surface area contributed by atoms with E-state index < -0.39 is 11.8 Å². The fourth-order valence-electron chi connectivity index (χ4n) is 1.37. The van der Waals surface area contributed by atoms with Crippen LogP contribution in [0.1, 0.15) is 10.5 Å². The van der Waals surface area contributed by atoms with Crippen molar-refractivity contribution in [1.82, 2.24) is 4.98 Å². The minimum absolute atomic E-state index is 0.116. The Morgan fingerprint density at radius 3 is 2.78 bits per heavy atom. The average Bonchev–Trinajstić information content (AvgIpc) is 2.33. The fourth-order valence-corrected chi connectivity index (χ4v) is 1.53. The molecule has 1 aromatic carbocycles. The van der Waals surface area contributed by atoms with Crippen LogP contribution in [-0.4, -0.2) is 16.1 Å². The van der Waals surface area contributed by atoms with Crippen LogP contribution in [0.3, 0.4) is 0 Å². The van der Waals surface area contributed by atoms with Crippen molar-refractivity contribution in [3.05, 3.63) is 53.1 Å². The van der Waals surface area contributed by atoms with Gasteiger partial charge in [0.05, 0.1) is 5.69 Å². The van der Waals surface area contributed by atoms with E-state index in [-0.39, 0.29) is 11.4 Å². The van der Waals surface area contributed by atoms with Gasteiger partial charge in [-0.2, -0.15) is 0 Å². The largest absolute Gasteiger partial charge is 0.477 e. The Kier molecular flexibility index (Phi) is 3.43. The van der Waals surface area contributed by atoms with E-state index in [4.69, 9.17) is 16.7 Å². The summed E-state index contributed by atoms with van der Waals surface area (Å²) in [5.74, 6) is -1.66. The Labute approximate surface area is 107 Å². The van der Waals surface area contributed by atoms with Crippen LogP contribution in [0.4, 0.5) is 15.8 Å². The number of aromatic nitrogens is 1. The van der Waals surface area contributed by atoms with Gasteiger partial charge in [-0.25, -0.2) is 14.2 Å². The van der Waals surface area contributed by atoms with Crippen LogP contribution in [-0.2, 0) is 0 Å². The van der Waals surface area contributed by atoms with Gasteiger partial charge in [0, 0.05) is 16.9 Å². The van der Waals surface area contributed by atoms with Crippen LogP contribution < -0.4 is 5.32 Å². The number of carboxylic acid groups (broad SMARTS) is 1. The Bertz CT molecular complexity index is 604. The molecule has 0 amide bonds. The van der Waals surface area contributed by atoms with Gasteiger partial charge < -0.3 is 10.4 Å². The third-order valence-electron chi connectivity index (χ3n) is 2.19. The van der Waals surface area contributed by atoms with Gasteiger partial charge in [-0.05, 0) is 30.3 Å². The summed E-state index contributed by atoms with van der Waals surface area (Å²) in [6, 6.07) is 7.03. The quantitative estimate of drug-likeness (QED) is 0.895. The van der Waals surface area contributed by atoms with Crippen molar-refractivity contribution in [3.8, 4) is 0 Å². The molecule has 4 nitrogen and oxygen atoms in total. The zero-order valence-electron chi connectivity index (χ0n) is 9.02. The molecule has 92 valence electrons. The van der Waals surface area contributed by atoms with Crippen molar-refractivity contribution >= 4 is 28.9 Å². The molecular formula is C12H8ClFN2O2.